The zero-order chi connectivity index (χ0) is 11.0. The van der Waals surface area contributed by atoms with Gasteiger partial charge in [0.25, 0.3) is 5.56 Å². The van der Waals surface area contributed by atoms with Gasteiger partial charge in [0.1, 0.15) is 6.10 Å². The van der Waals surface area contributed by atoms with Gasteiger partial charge in [0.2, 0.25) is 5.95 Å². The first-order valence-electron chi connectivity index (χ1n) is 4.63. The fraction of sp³-hybridized carbons (Fsp3) is 0.444. The van der Waals surface area contributed by atoms with Crippen LogP contribution < -0.4 is 11.3 Å². The molecule has 0 amide bonds. The molecule has 1 aromatic heterocycles. The Labute approximate surface area is 85.5 Å². The molecule has 6 heteroatoms. The third kappa shape index (κ3) is 1.70. The summed E-state index contributed by atoms with van der Waals surface area (Å²) in [4.78, 5) is 28.7. The van der Waals surface area contributed by atoms with Gasteiger partial charge < -0.3 is 10.5 Å². The van der Waals surface area contributed by atoms with E-state index in [2.05, 4.69) is 9.97 Å². The van der Waals surface area contributed by atoms with E-state index in [1.165, 1.54) is 6.92 Å². The van der Waals surface area contributed by atoms with Crippen LogP contribution in [-0.2, 0) is 16.0 Å². The molecule has 1 atom stereocenters. The minimum absolute atomic E-state index is 0.0535. The van der Waals surface area contributed by atoms with Crippen LogP contribution >= 0.6 is 0 Å². The molecule has 0 bridgehead atoms. The molecule has 1 aromatic rings. The van der Waals surface area contributed by atoms with Gasteiger partial charge in [0.05, 0.1) is 5.69 Å². The fourth-order valence-electron chi connectivity index (χ4n) is 1.77. The van der Waals surface area contributed by atoms with Crippen molar-refractivity contribution in [2.75, 3.05) is 5.73 Å². The Bertz CT molecular complexity index is 466. The van der Waals surface area contributed by atoms with Crippen LogP contribution in [0.4, 0.5) is 5.95 Å². The Balaban J connectivity index is 2.41. The van der Waals surface area contributed by atoms with Crippen LogP contribution in [-0.4, -0.2) is 15.9 Å². The van der Waals surface area contributed by atoms with Crippen LogP contribution in [0.3, 0.4) is 0 Å². The second-order valence-electron chi connectivity index (χ2n) is 3.45. The number of nitrogens with one attached hydrogen (secondary N) is 1. The summed E-state index contributed by atoms with van der Waals surface area (Å²) in [5.74, 6) is -0.327. The van der Waals surface area contributed by atoms with Crippen molar-refractivity contribution in [3.8, 4) is 0 Å². The van der Waals surface area contributed by atoms with Gasteiger partial charge in [-0.25, -0.2) is 4.98 Å². The first kappa shape index (κ1) is 9.70. The van der Waals surface area contributed by atoms with Crippen molar-refractivity contribution in [1.82, 2.24) is 9.97 Å². The van der Waals surface area contributed by atoms with Gasteiger partial charge in [-0.05, 0) is 12.8 Å². The van der Waals surface area contributed by atoms with Crippen molar-refractivity contribution in [3.63, 3.8) is 0 Å². The number of fused-ring (bicyclic) bond motifs is 1. The summed E-state index contributed by atoms with van der Waals surface area (Å²) in [7, 11) is 0. The molecule has 1 aliphatic rings. The van der Waals surface area contributed by atoms with E-state index in [-0.39, 0.29) is 17.5 Å². The summed E-state index contributed by atoms with van der Waals surface area (Å²) < 4.78 is 5.04. The number of aromatic amines is 1. The van der Waals surface area contributed by atoms with Crippen LogP contribution in [0.1, 0.15) is 30.7 Å². The zero-order valence-electron chi connectivity index (χ0n) is 8.24. The maximum atomic E-state index is 11.4. The van der Waals surface area contributed by atoms with Crippen LogP contribution in [0.25, 0.3) is 0 Å². The molecule has 80 valence electrons. The molecule has 1 heterocycles. The Hall–Kier alpha value is -1.85. The molecule has 1 unspecified atom stereocenters. The standard InChI is InChI=1S/C9H11N3O3/c1-4(13)15-6-3-2-5-7(6)11-9(10)12-8(5)14/h6H,2-3H2,1H3,(H3,10,11,12,14). The molecule has 0 saturated heterocycles. The van der Waals surface area contributed by atoms with Gasteiger partial charge in [0.15, 0.2) is 0 Å². The molecular formula is C9H11N3O3. The monoisotopic (exact) mass is 209 g/mol. The Kier molecular flexibility index (Phi) is 2.18. The number of nitrogen functional groups attached to an aromatic ring is 1. The lowest BCUT2D eigenvalue weighted by atomic mass is 10.2. The predicted molar refractivity (Wildman–Crippen MR) is 52.1 cm³/mol. The number of nitrogens with two attached hydrogens (primary N) is 1. The van der Waals surface area contributed by atoms with E-state index < -0.39 is 6.10 Å². The summed E-state index contributed by atoms with van der Waals surface area (Å²) in [5, 5.41) is 0. The largest absolute Gasteiger partial charge is 0.456 e. The van der Waals surface area contributed by atoms with Crippen LogP contribution in [0, 0.1) is 0 Å². The maximum Gasteiger partial charge on any atom is 0.303 e. The number of hydrogen-bond acceptors (Lipinski definition) is 5. The van der Waals surface area contributed by atoms with E-state index in [9.17, 15) is 9.59 Å². The van der Waals surface area contributed by atoms with Crippen molar-refractivity contribution in [1.29, 1.82) is 0 Å². The normalized spacial score (nSPS) is 18.6. The maximum absolute atomic E-state index is 11.4. The topological polar surface area (TPSA) is 98.1 Å². The molecule has 0 radical (unpaired) electrons. The van der Waals surface area contributed by atoms with E-state index in [1.54, 1.807) is 0 Å². The van der Waals surface area contributed by atoms with Gasteiger partial charge in [-0.15, -0.1) is 0 Å². The Morgan fingerprint density at radius 2 is 2.40 bits per heavy atom. The number of anilines is 1. The highest BCUT2D eigenvalue weighted by molar-refractivity contribution is 5.66. The Morgan fingerprint density at radius 1 is 1.67 bits per heavy atom. The molecule has 6 nitrogen and oxygen atoms in total. The smallest absolute Gasteiger partial charge is 0.303 e. The number of carbonyl (C=O) groups excluding carboxylic acids is 1. The SMILES string of the molecule is CC(=O)OC1CCc2c1nc(N)[nH]c2=O. The lowest BCUT2D eigenvalue weighted by Gasteiger charge is -2.10. The summed E-state index contributed by atoms with van der Waals surface area (Å²) in [5.41, 5.74) is 6.23. The Morgan fingerprint density at radius 3 is 3.07 bits per heavy atom. The summed E-state index contributed by atoms with van der Waals surface area (Å²) >= 11 is 0. The number of hydrogen-bond donors (Lipinski definition) is 2. The lowest BCUT2D eigenvalue weighted by molar-refractivity contribution is -0.146. The minimum atomic E-state index is -0.429. The zero-order valence-corrected chi connectivity index (χ0v) is 8.24. The van der Waals surface area contributed by atoms with E-state index in [1.807, 2.05) is 0 Å². The second-order valence-corrected chi connectivity index (χ2v) is 3.45. The number of nitrogens with zero attached hydrogens (tertiary/aromatic N) is 1. The van der Waals surface area contributed by atoms with Crippen molar-refractivity contribution >= 4 is 11.9 Å². The number of esters is 1. The van der Waals surface area contributed by atoms with Crippen molar-refractivity contribution in [2.45, 2.75) is 25.9 Å². The predicted octanol–water partition coefficient (Wildman–Crippen LogP) is -0.0975. The number of carbonyl (C=O) groups is 1. The molecule has 0 spiro atoms. The summed E-state index contributed by atoms with van der Waals surface area (Å²) in [6.07, 6.45) is 0.728. The van der Waals surface area contributed by atoms with Gasteiger partial charge in [-0.1, -0.05) is 0 Å². The minimum Gasteiger partial charge on any atom is -0.456 e. The average molecular weight is 209 g/mol. The molecule has 0 saturated carbocycles. The van der Waals surface area contributed by atoms with Crippen molar-refractivity contribution in [2.24, 2.45) is 0 Å². The quantitative estimate of drug-likeness (QED) is 0.629. The third-order valence-corrected chi connectivity index (χ3v) is 2.34. The molecule has 0 fully saturated rings. The highest BCUT2D eigenvalue weighted by Gasteiger charge is 2.29. The van der Waals surface area contributed by atoms with Crippen molar-refractivity contribution in [3.05, 3.63) is 21.6 Å². The first-order chi connectivity index (χ1) is 7.08. The van der Waals surface area contributed by atoms with Crippen LogP contribution in [0.15, 0.2) is 4.79 Å². The average Bonchev–Trinajstić information content (AvgIpc) is 2.48. The van der Waals surface area contributed by atoms with Crippen LogP contribution in [0.5, 0.6) is 0 Å². The lowest BCUT2D eigenvalue weighted by Crippen LogP contribution is -2.17. The van der Waals surface area contributed by atoms with Gasteiger partial charge in [-0.2, -0.15) is 0 Å². The number of aromatic nitrogens is 2. The summed E-state index contributed by atoms with van der Waals surface area (Å²) in [6, 6.07) is 0. The first-order valence-corrected chi connectivity index (χ1v) is 4.63. The molecular weight excluding hydrogens is 198 g/mol. The highest BCUT2D eigenvalue weighted by atomic mass is 16.5. The third-order valence-electron chi connectivity index (χ3n) is 2.34. The number of ether oxygens (including phenoxy) is 1. The van der Waals surface area contributed by atoms with Gasteiger partial charge in [0, 0.05) is 12.5 Å². The second kappa shape index (κ2) is 3.38. The molecule has 2 rings (SSSR count). The molecule has 0 aromatic carbocycles. The van der Waals surface area contributed by atoms with E-state index in [4.69, 9.17) is 10.5 Å². The number of H-pyrrole nitrogens is 1. The van der Waals surface area contributed by atoms with Gasteiger partial charge >= 0.3 is 5.97 Å². The van der Waals surface area contributed by atoms with E-state index in [0.717, 1.165) is 0 Å². The van der Waals surface area contributed by atoms with E-state index >= 15 is 0 Å². The molecule has 15 heavy (non-hydrogen) atoms. The highest BCUT2D eigenvalue weighted by Crippen LogP contribution is 2.30. The summed E-state index contributed by atoms with van der Waals surface area (Å²) in [6.45, 7) is 1.33. The van der Waals surface area contributed by atoms with E-state index in [0.29, 0.717) is 24.1 Å². The molecule has 0 aliphatic heterocycles. The number of rotatable bonds is 1. The van der Waals surface area contributed by atoms with Crippen LogP contribution in [0.2, 0.25) is 0 Å². The van der Waals surface area contributed by atoms with Crippen molar-refractivity contribution < 1.29 is 9.53 Å². The fourth-order valence-corrected chi connectivity index (χ4v) is 1.77. The molecule has 3 N–H and O–H groups in total. The molecule has 1 aliphatic carbocycles. The van der Waals surface area contributed by atoms with Gasteiger partial charge in [-0.3, -0.25) is 14.6 Å².